The van der Waals surface area contributed by atoms with Crippen molar-refractivity contribution >= 4 is 0 Å². The lowest BCUT2D eigenvalue weighted by Gasteiger charge is -2.13. The lowest BCUT2D eigenvalue weighted by atomic mass is 10.2. The number of halogens is 3. The first kappa shape index (κ1) is 14.0. The first-order valence-corrected chi connectivity index (χ1v) is 5.25. The topological polar surface area (TPSA) is 47.3 Å². The maximum atomic E-state index is 11.8. The summed E-state index contributed by atoms with van der Waals surface area (Å²) in [6.45, 7) is 0.922. The number of hydrogen-bond acceptors (Lipinski definition) is 3. The number of imidazole rings is 1. The molecule has 0 amide bonds. The number of rotatable bonds is 6. The Morgan fingerprint density at radius 3 is 2.82 bits per heavy atom. The fourth-order valence-electron chi connectivity index (χ4n) is 1.40. The van der Waals surface area contributed by atoms with E-state index >= 15 is 0 Å². The molecule has 1 aromatic heterocycles. The van der Waals surface area contributed by atoms with Gasteiger partial charge in [0.15, 0.2) is 0 Å². The van der Waals surface area contributed by atoms with Crippen LogP contribution in [-0.2, 0) is 17.7 Å². The SMILES string of the molecule is CCn1ccnc1CC(O)COCC(F)(F)F. The zero-order chi connectivity index (χ0) is 12.9. The third-order valence-electron chi connectivity index (χ3n) is 2.14. The van der Waals surface area contributed by atoms with Crippen LogP contribution in [0.1, 0.15) is 12.7 Å². The van der Waals surface area contributed by atoms with Crippen LogP contribution in [0, 0.1) is 0 Å². The van der Waals surface area contributed by atoms with E-state index in [1.807, 2.05) is 11.5 Å². The molecular formula is C10H15F3N2O2. The number of ether oxygens (including phenoxy) is 1. The van der Waals surface area contributed by atoms with E-state index < -0.39 is 18.9 Å². The quantitative estimate of drug-likeness (QED) is 0.832. The second kappa shape index (κ2) is 6.02. The van der Waals surface area contributed by atoms with Crippen molar-refractivity contribution in [3.05, 3.63) is 18.2 Å². The Hall–Kier alpha value is -1.08. The molecule has 0 aliphatic rings. The molecular weight excluding hydrogens is 237 g/mol. The van der Waals surface area contributed by atoms with Crippen LogP contribution in [0.5, 0.6) is 0 Å². The van der Waals surface area contributed by atoms with E-state index in [-0.39, 0.29) is 13.0 Å². The summed E-state index contributed by atoms with van der Waals surface area (Å²) < 4.78 is 41.5. The summed E-state index contributed by atoms with van der Waals surface area (Å²) in [6.07, 6.45) is -1.83. The summed E-state index contributed by atoms with van der Waals surface area (Å²) >= 11 is 0. The third-order valence-corrected chi connectivity index (χ3v) is 2.14. The molecule has 17 heavy (non-hydrogen) atoms. The first-order valence-electron chi connectivity index (χ1n) is 5.25. The minimum Gasteiger partial charge on any atom is -0.390 e. The van der Waals surface area contributed by atoms with Crippen molar-refractivity contribution in [2.24, 2.45) is 0 Å². The summed E-state index contributed by atoms with van der Waals surface area (Å²) in [4.78, 5) is 4.01. The number of aromatic nitrogens is 2. The Labute approximate surface area is 97.0 Å². The van der Waals surface area contributed by atoms with Crippen molar-refractivity contribution in [1.82, 2.24) is 9.55 Å². The molecule has 1 unspecified atom stereocenters. The number of alkyl halides is 3. The number of aliphatic hydroxyl groups excluding tert-OH is 1. The van der Waals surface area contributed by atoms with Crippen LogP contribution in [0.4, 0.5) is 13.2 Å². The van der Waals surface area contributed by atoms with Crippen LogP contribution in [-0.4, -0.2) is 40.2 Å². The molecule has 0 radical (unpaired) electrons. The molecule has 0 saturated heterocycles. The third kappa shape index (κ3) is 5.18. The van der Waals surface area contributed by atoms with Gasteiger partial charge < -0.3 is 14.4 Å². The molecule has 0 aliphatic heterocycles. The Balaban J connectivity index is 2.32. The largest absolute Gasteiger partial charge is 0.411 e. The van der Waals surface area contributed by atoms with E-state index in [0.717, 1.165) is 0 Å². The van der Waals surface area contributed by atoms with Gasteiger partial charge in [-0.15, -0.1) is 0 Å². The van der Waals surface area contributed by atoms with Crippen molar-refractivity contribution in [2.75, 3.05) is 13.2 Å². The van der Waals surface area contributed by atoms with E-state index in [2.05, 4.69) is 9.72 Å². The van der Waals surface area contributed by atoms with Crippen molar-refractivity contribution in [1.29, 1.82) is 0 Å². The van der Waals surface area contributed by atoms with Gasteiger partial charge in [0.25, 0.3) is 0 Å². The fourth-order valence-corrected chi connectivity index (χ4v) is 1.40. The van der Waals surface area contributed by atoms with Crippen molar-refractivity contribution in [2.45, 2.75) is 32.2 Å². The van der Waals surface area contributed by atoms with Crippen LogP contribution >= 0.6 is 0 Å². The van der Waals surface area contributed by atoms with E-state index in [0.29, 0.717) is 12.4 Å². The van der Waals surface area contributed by atoms with Crippen molar-refractivity contribution < 1.29 is 23.0 Å². The molecule has 0 aliphatic carbocycles. The minimum absolute atomic E-state index is 0.179. The minimum atomic E-state index is -4.36. The zero-order valence-corrected chi connectivity index (χ0v) is 9.44. The zero-order valence-electron chi connectivity index (χ0n) is 9.44. The van der Waals surface area contributed by atoms with E-state index in [4.69, 9.17) is 0 Å². The predicted octanol–water partition coefficient (Wildman–Crippen LogP) is 1.39. The Kier molecular flexibility index (Phi) is 4.95. The second-order valence-electron chi connectivity index (χ2n) is 3.62. The monoisotopic (exact) mass is 252 g/mol. The molecule has 0 bridgehead atoms. The lowest BCUT2D eigenvalue weighted by molar-refractivity contribution is -0.179. The molecule has 0 aromatic carbocycles. The summed E-state index contributed by atoms with van der Waals surface area (Å²) in [5.41, 5.74) is 0. The molecule has 1 heterocycles. The highest BCUT2D eigenvalue weighted by Gasteiger charge is 2.27. The van der Waals surface area contributed by atoms with Gasteiger partial charge >= 0.3 is 6.18 Å². The fraction of sp³-hybridized carbons (Fsp3) is 0.700. The molecule has 4 nitrogen and oxygen atoms in total. The van der Waals surface area contributed by atoms with E-state index in [1.54, 1.807) is 12.4 Å². The van der Waals surface area contributed by atoms with Crippen LogP contribution in [0.3, 0.4) is 0 Å². The van der Waals surface area contributed by atoms with Gasteiger partial charge in [0.05, 0.1) is 12.7 Å². The number of hydrogen-bond donors (Lipinski definition) is 1. The molecule has 0 spiro atoms. The lowest BCUT2D eigenvalue weighted by Crippen LogP contribution is -2.25. The van der Waals surface area contributed by atoms with Crippen LogP contribution < -0.4 is 0 Å². The van der Waals surface area contributed by atoms with Gasteiger partial charge in [-0.1, -0.05) is 0 Å². The van der Waals surface area contributed by atoms with Crippen LogP contribution in [0.25, 0.3) is 0 Å². The van der Waals surface area contributed by atoms with Gasteiger partial charge in [0.2, 0.25) is 0 Å². The highest BCUT2D eigenvalue weighted by atomic mass is 19.4. The average molecular weight is 252 g/mol. The van der Waals surface area contributed by atoms with E-state index in [1.165, 1.54) is 0 Å². The van der Waals surface area contributed by atoms with Gasteiger partial charge in [-0.2, -0.15) is 13.2 Å². The van der Waals surface area contributed by atoms with Gasteiger partial charge in [0.1, 0.15) is 12.4 Å². The molecule has 1 aromatic rings. The molecule has 0 saturated carbocycles. The average Bonchev–Trinajstić information content (AvgIpc) is 2.63. The van der Waals surface area contributed by atoms with Crippen LogP contribution in [0.15, 0.2) is 12.4 Å². The smallest absolute Gasteiger partial charge is 0.390 e. The molecule has 1 rings (SSSR count). The number of aryl methyl sites for hydroxylation is 1. The maximum absolute atomic E-state index is 11.8. The van der Waals surface area contributed by atoms with E-state index in [9.17, 15) is 18.3 Å². The van der Waals surface area contributed by atoms with Crippen molar-refractivity contribution in [3.8, 4) is 0 Å². The number of nitrogens with zero attached hydrogens (tertiary/aromatic N) is 2. The van der Waals surface area contributed by atoms with Crippen molar-refractivity contribution in [3.63, 3.8) is 0 Å². The normalized spacial score (nSPS) is 13.9. The Morgan fingerprint density at radius 2 is 2.24 bits per heavy atom. The Bertz CT molecular complexity index is 339. The summed E-state index contributed by atoms with van der Waals surface area (Å²) in [5.74, 6) is 0.635. The highest BCUT2D eigenvalue weighted by molar-refractivity contribution is 4.94. The van der Waals surface area contributed by atoms with Gasteiger partial charge in [-0.25, -0.2) is 4.98 Å². The first-order chi connectivity index (χ1) is 7.92. The standard InChI is InChI=1S/C10H15F3N2O2/c1-2-15-4-3-14-9(15)5-8(16)6-17-7-10(11,12)13/h3-4,8,16H,2,5-7H2,1H3. The summed E-state index contributed by atoms with van der Waals surface area (Å²) in [7, 11) is 0. The summed E-state index contributed by atoms with van der Waals surface area (Å²) in [5, 5.41) is 9.49. The van der Waals surface area contributed by atoms with Crippen LogP contribution in [0.2, 0.25) is 0 Å². The molecule has 0 fully saturated rings. The molecule has 7 heteroatoms. The van der Waals surface area contributed by atoms with Gasteiger partial charge in [-0.3, -0.25) is 0 Å². The number of aliphatic hydroxyl groups is 1. The maximum Gasteiger partial charge on any atom is 0.411 e. The summed E-state index contributed by atoms with van der Waals surface area (Å²) in [6, 6.07) is 0. The van der Waals surface area contributed by atoms with Gasteiger partial charge in [-0.05, 0) is 6.92 Å². The highest BCUT2D eigenvalue weighted by Crippen LogP contribution is 2.14. The Morgan fingerprint density at radius 1 is 1.53 bits per heavy atom. The predicted molar refractivity (Wildman–Crippen MR) is 54.5 cm³/mol. The molecule has 1 N–H and O–H groups in total. The second-order valence-corrected chi connectivity index (χ2v) is 3.62. The van der Waals surface area contributed by atoms with Gasteiger partial charge in [0, 0.05) is 25.4 Å². The molecule has 1 atom stereocenters. The molecule has 98 valence electrons.